The summed E-state index contributed by atoms with van der Waals surface area (Å²) in [5.74, 6) is -1.82. The molecule has 6 aromatic rings. The van der Waals surface area contributed by atoms with E-state index >= 15 is 0 Å². The van der Waals surface area contributed by atoms with Gasteiger partial charge in [-0.2, -0.15) is 0 Å². The summed E-state index contributed by atoms with van der Waals surface area (Å²) in [5.41, 5.74) is 3.39. The van der Waals surface area contributed by atoms with Crippen LogP contribution in [0.15, 0.2) is 146 Å². The molecule has 0 aliphatic carbocycles. The second-order valence-electron chi connectivity index (χ2n) is 14.8. The van der Waals surface area contributed by atoms with Crippen LogP contribution in [0, 0.1) is 20.2 Å². The fourth-order valence-electron chi connectivity index (χ4n) is 6.58. The number of nitrogens with one attached hydrogen (secondary N) is 6. The largest absolute Gasteiger partial charge is 0.357 e. The Hall–Kier alpha value is -8.45. The van der Waals surface area contributed by atoms with Gasteiger partial charge < -0.3 is 31.9 Å². The van der Waals surface area contributed by atoms with Gasteiger partial charge in [0, 0.05) is 48.5 Å². The monoisotopic (exact) mass is 908 g/mol. The summed E-state index contributed by atoms with van der Waals surface area (Å²) in [6.45, 7) is 0.487. The van der Waals surface area contributed by atoms with Crippen molar-refractivity contribution in [2.24, 2.45) is 0 Å². The first-order valence-corrected chi connectivity index (χ1v) is 21.0. The number of hydrogen-bond acceptors (Lipinski definition) is 11. The SMILES string of the molecule is O=C(NC[C@H](Cc1ccccc1)NC(=O)c1cccc(CNC(=S)NCc2cccc(C(=O)N[C@H](CNC(=O)c3ccc([N+](=O)[O-])cc3)Cc3ccccc3)n2)n1)c1ccc([N+](=O)[O-])cc1. The number of amides is 4. The first kappa shape index (κ1) is 47.0. The van der Waals surface area contributed by atoms with Gasteiger partial charge in [-0.1, -0.05) is 72.8 Å². The molecule has 66 heavy (non-hydrogen) atoms. The van der Waals surface area contributed by atoms with Crippen LogP contribution in [0.1, 0.15) is 64.2 Å². The Bertz CT molecular complexity index is 2490. The third kappa shape index (κ3) is 14.3. The van der Waals surface area contributed by atoms with Gasteiger partial charge in [-0.25, -0.2) is 9.97 Å². The lowest BCUT2D eigenvalue weighted by Gasteiger charge is -2.20. The topological polar surface area (TPSA) is 253 Å². The van der Waals surface area contributed by atoms with Gasteiger partial charge in [0.05, 0.1) is 46.4 Å². The van der Waals surface area contributed by atoms with E-state index in [0.29, 0.717) is 24.2 Å². The van der Waals surface area contributed by atoms with E-state index in [4.69, 9.17) is 12.2 Å². The molecule has 6 rings (SSSR count). The van der Waals surface area contributed by atoms with Crippen molar-refractivity contribution >= 4 is 52.3 Å². The molecular weight excluding hydrogens is 865 g/mol. The van der Waals surface area contributed by atoms with Crippen molar-refractivity contribution in [2.75, 3.05) is 13.1 Å². The van der Waals surface area contributed by atoms with Crippen molar-refractivity contribution in [3.63, 3.8) is 0 Å². The lowest BCUT2D eigenvalue weighted by Crippen LogP contribution is -2.45. The van der Waals surface area contributed by atoms with Gasteiger partial charge in [0.15, 0.2) is 5.11 Å². The molecule has 0 saturated carbocycles. The highest BCUT2D eigenvalue weighted by Gasteiger charge is 2.20. The van der Waals surface area contributed by atoms with Crippen LogP contribution < -0.4 is 31.9 Å². The van der Waals surface area contributed by atoms with Crippen molar-refractivity contribution < 1.29 is 29.0 Å². The summed E-state index contributed by atoms with van der Waals surface area (Å²) in [6, 6.07) is 38.3. The molecule has 0 fully saturated rings. The molecule has 0 aliphatic heterocycles. The zero-order valence-electron chi connectivity index (χ0n) is 35.2. The molecule has 2 aromatic heterocycles. The van der Waals surface area contributed by atoms with E-state index in [1.807, 2.05) is 60.7 Å². The summed E-state index contributed by atoms with van der Waals surface area (Å²) in [7, 11) is 0. The van der Waals surface area contributed by atoms with Crippen LogP contribution in [0.2, 0.25) is 0 Å². The van der Waals surface area contributed by atoms with Crippen LogP contribution in [-0.4, -0.2) is 73.7 Å². The molecule has 2 atom stereocenters. The number of pyridine rings is 2. The molecule has 2 heterocycles. The first-order valence-electron chi connectivity index (χ1n) is 20.6. The minimum absolute atomic E-state index is 0.0717. The van der Waals surface area contributed by atoms with E-state index in [2.05, 4.69) is 41.9 Å². The zero-order valence-corrected chi connectivity index (χ0v) is 36.0. The molecule has 0 spiro atoms. The minimum Gasteiger partial charge on any atom is -0.357 e. The summed E-state index contributed by atoms with van der Waals surface area (Å²) in [4.78, 5) is 82.7. The van der Waals surface area contributed by atoms with E-state index in [1.165, 1.54) is 48.5 Å². The second kappa shape index (κ2) is 23.3. The predicted molar refractivity (Wildman–Crippen MR) is 248 cm³/mol. The molecule has 4 aromatic carbocycles. The number of hydrogen-bond donors (Lipinski definition) is 6. The summed E-state index contributed by atoms with van der Waals surface area (Å²) < 4.78 is 0. The third-order valence-corrected chi connectivity index (χ3v) is 10.2. The fraction of sp³-hybridized carbons (Fsp3) is 0.170. The van der Waals surface area contributed by atoms with Crippen LogP contribution in [0.25, 0.3) is 0 Å². The van der Waals surface area contributed by atoms with Gasteiger partial charge in [0.25, 0.3) is 35.0 Å². The third-order valence-electron chi connectivity index (χ3n) is 9.96. The van der Waals surface area contributed by atoms with E-state index in [0.717, 1.165) is 11.1 Å². The Morgan fingerprint density at radius 2 is 0.864 bits per heavy atom. The van der Waals surface area contributed by atoms with Crippen molar-refractivity contribution in [1.29, 1.82) is 0 Å². The lowest BCUT2D eigenvalue weighted by molar-refractivity contribution is -0.385. The molecule has 4 amide bonds. The maximum Gasteiger partial charge on any atom is 0.270 e. The standard InChI is InChI=1S/C47H44N10O8S/c58-43(33-17-21-39(22-18-33)56(62)63)48-29-37(25-31-9-3-1-4-10-31)54-45(60)41-15-7-13-35(52-41)27-50-47(66)51-28-36-14-8-16-42(53-36)46(61)55-38(26-32-11-5-2-6-12-32)30-49-44(59)34-19-23-40(24-20-34)57(64)65/h1-24,37-38H,25-30H2,(H,48,58)(H,49,59)(H,54,60)(H,55,61)(H2,50,51,66)/t37-,38-/m0/s1. The Labute approximate surface area is 384 Å². The van der Waals surface area contributed by atoms with Gasteiger partial charge >= 0.3 is 0 Å². The van der Waals surface area contributed by atoms with Crippen molar-refractivity contribution in [3.8, 4) is 0 Å². The number of benzene rings is 4. The first-order chi connectivity index (χ1) is 31.9. The number of aromatic nitrogens is 2. The Morgan fingerprint density at radius 3 is 1.23 bits per heavy atom. The quantitative estimate of drug-likeness (QED) is 0.0336. The second-order valence-corrected chi connectivity index (χ2v) is 15.2. The van der Waals surface area contributed by atoms with Crippen molar-refractivity contribution in [2.45, 2.75) is 38.0 Å². The molecule has 18 nitrogen and oxygen atoms in total. The van der Waals surface area contributed by atoms with Gasteiger partial charge in [-0.15, -0.1) is 0 Å². The van der Waals surface area contributed by atoms with Gasteiger partial charge in [-0.3, -0.25) is 39.4 Å². The molecule has 336 valence electrons. The number of nitro groups is 2. The van der Waals surface area contributed by atoms with Crippen LogP contribution in [0.5, 0.6) is 0 Å². The number of nitrogens with zero attached hydrogens (tertiary/aromatic N) is 4. The fourth-order valence-corrected chi connectivity index (χ4v) is 6.73. The van der Waals surface area contributed by atoms with E-state index in [-0.39, 0.29) is 65.2 Å². The van der Waals surface area contributed by atoms with E-state index in [1.54, 1.807) is 36.4 Å². The normalized spacial score (nSPS) is 11.5. The molecule has 0 saturated heterocycles. The van der Waals surface area contributed by atoms with E-state index in [9.17, 15) is 39.4 Å². The van der Waals surface area contributed by atoms with Gasteiger partial charge in [0.2, 0.25) is 0 Å². The maximum atomic E-state index is 13.5. The van der Waals surface area contributed by atoms with Crippen molar-refractivity contribution in [1.82, 2.24) is 41.9 Å². The summed E-state index contributed by atoms with van der Waals surface area (Å²) >= 11 is 5.50. The highest BCUT2D eigenvalue weighted by atomic mass is 32.1. The number of carbonyl (C=O) groups excluding carboxylic acids is 4. The Balaban J connectivity index is 1.00. The molecule has 19 heteroatoms. The molecule has 6 N–H and O–H groups in total. The Kier molecular flexibility index (Phi) is 16.6. The average molecular weight is 909 g/mol. The molecule has 0 bridgehead atoms. The molecular formula is C47H44N10O8S. The van der Waals surface area contributed by atoms with E-state index < -0.39 is 45.6 Å². The average Bonchev–Trinajstić information content (AvgIpc) is 3.34. The predicted octanol–water partition coefficient (Wildman–Crippen LogP) is 5.00. The van der Waals surface area contributed by atoms with Crippen LogP contribution >= 0.6 is 12.2 Å². The van der Waals surface area contributed by atoms with Gasteiger partial charge in [-0.05, 0) is 84.7 Å². The highest BCUT2D eigenvalue weighted by molar-refractivity contribution is 7.80. The number of carbonyl (C=O) groups is 4. The summed E-state index contributed by atoms with van der Waals surface area (Å²) in [5, 5.41) is 40.0. The number of rotatable bonds is 20. The zero-order chi connectivity index (χ0) is 46.8. The minimum atomic E-state index is -0.546. The Morgan fingerprint density at radius 1 is 0.485 bits per heavy atom. The maximum absolute atomic E-state index is 13.5. The molecule has 0 unspecified atom stereocenters. The smallest absolute Gasteiger partial charge is 0.270 e. The number of thiocarbonyl (C=S) groups is 1. The summed E-state index contributed by atoms with van der Waals surface area (Å²) in [6.07, 6.45) is 0.803. The van der Waals surface area contributed by atoms with Crippen LogP contribution in [0.3, 0.4) is 0 Å². The lowest BCUT2D eigenvalue weighted by atomic mass is 10.1. The number of nitro benzene ring substituents is 2. The molecule has 0 radical (unpaired) electrons. The van der Waals surface area contributed by atoms with Gasteiger partial charge in [0.1, 0.15) is 11.4 Å². The highest BCUT2D eigenvalue weighted by Crippen LogP contribution is 2.14. The number of non-ortho nitro benzene ring substituents is 2. The van der Waals surface area contributed by atoms with Crippen LogP contribution in [0.4, 0.5) is 11.4 Å². The molecule has 0 aliphatic rings. The van der Waals surface area contributed by atoms with Crippen molar-refractivity contribution in [3.05, 3.63) is 211 Å². The van der Waals surface area contributed by atoms with Crippen LogP contribution in [-0.2, 0) is 25.9 Å².